The van der Waals surface area contributed by atoms with E-state index < -0.39 is 0 Å². The highest BCUT2D eigenvalue weighted by atomic mass is 35.5. The summed E-state index contributed by atoms with van der Waals surface area (Å²) in [5.74, 6) is 0.887. The highest BCUT2D eigenvalue weighted by Crippen LogP contribution is 2.20. The number of benzene rings is 1. The molecule has 146 valence electrons. The van der Waals surface area contributed by atoms with Gasteiger partial charge in [-0.3, -0.25) is 9.59 Å². The molecule has 26 heavy (non-hydrogen) atoms. The molecule has 0 aromatic heterocycles. The maximum atomic E-state index is 12.5. The molecule has 7 heteroatoms. The second kappa shape index (κ2) is 11.0. The lowest BCUT2D eigenvalue weighted by Gasteiger charge is -2.33. The third-order valence-corrected chi connectivity index (χ3v) is 4.69. The molecule has 0 aliphatic carbocycles. The van der Waals surface area contributed by atoms with Crippen molar-refractivity contribution in [3.05, 3.63) is 29.8 Å². The minimum absolute atomic E-state index is 0. The van der Waals surface area contributed by atoms with Gasteiger partial charge >= 0.3 is 0 Å². The fourth-order valence-electron chi connectivity index (χ4n) is 3.14. The van der Waals surface area contributed by atoms with Crippen LogP contribution in [0, 0.1) is 5.92 Å². The van der Waals surface area contributed by atoms with Gasteiger partial charge in [0.15, 0.2) is 0 Å². The molecule has 1 atom stereocenters. The third-order valence-electron chi connectivity index (χ3n) is 4.69. The van der Waals surface area contributed by atoms with Crippen molar-refractivity contribution in [2.75, 3.05) is 33.8 Å². The average Bonchev–Trinajstić information content (AvgIpc) is 2.63. The first kappa shape index (κ1) is 22.3. The van der Waals surface area contributed by atoms with Crippen molar-refractivity contribution in [2.24, 2.45) is 5.92 Å². The number of nitrogens with one attached hydrogen (secondary N) is 2. The Morgan fingerprint density at radius 3 is 2.54 bits per heavy atom. The first-order chi connectivity index (χ1) is 12.0. The van der Waals surface area contributed by atoms with Crippen molar-refractivity contribution in [1.82, 2.24) is 15.5 Å². The minimum Gasteiger partial charge on any atom is -0.496 e. The quantitative estimate of drug-likeness (QED) is 0.750. The average molecular weight is 384 g/mol. The number of nitrogens with zero attached hydrogens (tertiary/aromatic N) is 1. The lowest BCUT2D eigenvalue weighted by molar-refractivity contribution is -0.131. The van der Waals surface area contributed by atoms with Gasteiger partial charge in [0.05, 0.1) is 13.5 Å². The van der Waals surface area contributed by atoms with Crippen LogP contribution in [0.4, 0.5) is 0 Å². The minimum atomic E-state index is -0.0461. The number of halogens is 1. The van der Waals surface area contributed by atoms with E-state index in [0.717, 1.165) is 24.2 Å². The zero-order chi connectivity index (χ0) is 18.2. The number of hydrogen-bond donors (Lipinski definition) is 2. The van der Waals surface area contributed by atoms with Crippen LogP contribution < -0.4 is 15.4 Å². The molecule has 2 rings (SSSR count). The van der Waals surface area contributed by atoms with E-state index in [2.05, 4.69) is 10.6 Å². The van der Waals surface area contributed by atoms with Crippen LogP contribution in [-0.4, -0.2) is 56.5 Å². The Labute approximate surface area is 162 Å². The highest BCUT2D eigenvalue weighted by molar-refractivity contribution is 5.85. The number of methoxy groups -OCH3 is 1. The topological polar surface area (TPSA) is 70.7 Å². The van der Waals surface area contributed by atoms with Crippen LogP contribution in [0.1, 0.15) is 25.3 Å². The van der Waals surface area contributed by atoms with Gasteiger partial charge in [-0.05, 0) is 26.0 Å². The summed E-state index contributed by atoms with van der Waals surface area (Å²) in [4.78, 5) is 26.5. The molecule has 1 saturated heterocycles. The van der Waals surface area contributed by atoms with Crippen LogP contribution in [0.5, 0.6) is 5.75 Å². The second-order valence-corrected chi connectivity index (χ2v) is 6.61. The number of rotatable bonds is 7. The van der Waals surface area contributed by atoms with Crippen LogP contribution in [0.15, 0.2) is 24.3 Å². The normalized spacial score (nSPS) is 15.7. The smallest absolute Gasteiger partial charge is 0.227 e. The van der Waals surface area contributed by atoms with E-state index in [4.69, 9.17) is 4.74 Å². The van der Waals surface area contributed by atoms with Gasteiger partial charge in [-0.15, -0.1) is 12.4 Å². The molecule has 0 radical (unpaired) electrons. The number of amides is 2. The van der Waals surface area contributed by atoms with Gasteiger partial charge in [0.25, 0.3) is 0 Å². The number of ether oxygens (including phenoxy) is 1. The van der Waals surface area contributed by atoms with E-state index >= 15 is 0 Å². The maximum absolute atomic E-state index is 12.5. The molecule has 2 N–H and O–H groups in total. The number of carbonyl (C=O) groups excluding carboxylic acids is 2. The van der Waals surface area contributed by atoms with Gasteiger partial charge in [-0.2, -0.15) is 0 Å². The second-order valence-electron chi connectivity index (χ2n) is 6.61. The van der Waals surface area contributed by atoms with Crippen molar-refractivity contribution in [1.29, 1.82) is 0 Å². The van der Waals surface area contributed by atoms with E-state index in [0.29, 0.717) is 26.1 Å². The molecule has 1 aromatic carbocycles. The van der Waals surface area contributed by atoms with Crippen molar-refractivity contribution >= 4 is 24.2 Å². The molecular formula is C19H30ClN3O3. The van der Waals surface area contributed by atoms with Crippen LogP contribution in [0.25, 0.3) is 0 Å². The summed E-state index contributed by atoms with van der Waals surface area (Å²) in [7, 11) is 3.46. The summed E-state index contributed by atoms with van der Waals surface area (Å²) >= 11 is 0. The van der Waals surface area contributed by atoms with E-state index in [-0.39, 0.29) is 36.2 Å². The predicted octanol–water partition coefficient (Wildman–Crippen LogP) is 1.62. The number of piperidine rings is 1. The number of carbonyl (C=O) groups is 2. The Bertz CT molecular complexity index is 589. The van der Waals surface area contributed by atoms with Crippen LogP contribution in [0.2, 0.25) is 0 Å². The first-order valence-corrected chi connectivity index (χ1v) is 8.89. The Balaban J connectivity index is 0.00000338. The van der Waals surface area contributed by atoms with Gasteiger partial charge in [0.1, 0.15) is 5.75 Å². The molecule has 1 heterocycles. The summed E-state index contributed by atoms with van der Waals surface area (Å²) in [6, 6.07) is 7.76. The molecule has 0 bridgehead atoms. The lowest BCUT2D eigenvalue weighted by atomic mass is 10.0. The molecule has 1 aromatic rings. The van der Waals surface area contributed by atoms with Crippen molar-refractivity contribution in [3.63, 3.8) is 0 Å². The van der Waals surface area contributed by atoms with Crippen LogP contribution >= 0.6 is 12.4 Å². The fraction of sp³-hybridized carbons (Fsp3) is 0.579. The van der Waals surface area contributed by atoms with Gasteiger partial charge in [-0.25, -0.2) is 0 Å². The molecule has 1 unspecified atom stereocenters. The Morgan fingerprint density at radius 1 is 1.27 bits per heavy atom. The van der Waals surface area contributed by atoms with Crippen molar-refractivity contribution in [3.8, 4) is 5.75 Å². The monoisotopic (exact) mass is 383 g/mol. The SMILES string of the molecule is CNCC(C)C(=O)NC1CCN(C(=O)Cc2ccccc2OC)CC1.Cl. The van der Waals surface area contributed by atoms with E-state index in [1.807, 2.05) is 43.1 Å². The first-order valence-electron chi connectivity index (χ1n) is 8.89. The third kappa shape index (κ3) is 6.18. The molecule has 2 amide bonds. The zero-order valence-corrected chi connectivity index (χ0v) is 16.6. The summed E-state index contributed by atoms with van der Waals surface area (Å²) in [5, 5.41) is 6.11. The predicted molar refractivity (Wildman–Crippen MR) is 105 cm³/mol. The van der Waals surface area contributed by atoms with Crippen molar-refractivity contribution in [2.45, 2.75) is 32.2 Å². The Hall–Kier alpha value is -1.79. The lowest BCUT2D eigenvalue weighted by Crippen LogP contribution is -2.48. The number of likely N-dealkylation sites (tertiary alicyclic amines) is 1. The largest absolute Gasteiger partial charge is 0.496 e. The summed E-state index contributed by atoms with van der Waals surface area (Å²) in [6.07, 6.45) is 1.95. The Kier molecular flexibility index (Phi) is 9.44. The Morgan fingerprint density at radius 2 is 1.92 bits per heavy atom. The highest BCUT2D eigenvalue weighted by Gasteiger charge is 2.25. The molecule has 1 aliphatic rings. The maximum Gasteiger partial charge on any atom is 0.227 e. The molecular weight excluding hydrogens is 354 g/mol. The standard InChI is InChI=1S/C19H29N3O3.ClH/c1-14(13-20-2)19(24)21-16-8-10-22(11-9-16)18(23)12-15-6-4-5-7-17(15)25-3;/h4-7,14,16,20H,8-13H2,1-3H3,(H,21,24);1H. The van der Waals surface area contributed by atoms with E-state index in [1.165, 1.54) is 0 Å². The number of para-hydroxylation sites is 1. The molecule has 1 fully saturated rings. The molecule has 1 aliphatic heterocycles. The van der Waals surface area contributed by atoms with Crippen molar-refractivity contribution < 1.29 is 14.3 Å². The molecule has 0 saturated carbocycles. The number of hydrogen-bond acceptors (Lipinski definition) is 4. The molecule has 0 spiro atoms. The summed E-state index contributed by atoms with van der Waals surface area (Å²) in [6.45, 7) is 3.94. The van der Waals surface area contributed by atoms with Gasteiger partial charge in [0.2, 0.25) is 11.8 Å². The van der Waals surface area contributed by atoms with Gasteiger partial charge in [-0.1, -0.05) is 25.1 Å². The zero-order valence-electron chi connectivity index (χ0n) is 15.8. The van der Waals surface area contributed by atoms with Gasteiger partial charge < -0.3 is 20.3 Å². The van der Waals surface area contributed by atoms with E-state index in [9.17, 15) is 9.59 Å². The van der Waals surface area contributed by atoms with E-state index in [1.54, 1.807) is 7.11 Å². The van der Waals surface area contributed by atoms with Crippen LogP contribution in [0.3, 0.4) is 0 Å². The summed E-state index contributed by atoms with van der Waals surface area (Å²) < 4.78 is 5.31. The molecule has 6 nitrogen and oxygen atoms in total. The summed E-state index contributed by atoms with van der Waals surface area (Å²) in [5.41, 5.74) is 0.909. The van der Waals surface area contributed by atoms with Gasteiger partial charge in [0, 0.05) is 37.2 Å². The van der Waals surface area contributed by atoms with Crippen LogP contribution in [-0.2, 0) is 16.0 Å². The fourth-order valence-corrected chi connectivity index (χ4v) is 3.14.